The van der Waals surface area contributed by atoms with Crippen molar-refractivity contribution in [2.24, 2.45) is 0 Å². The number of nitriles is 1. The van der Waals surface area contributed by atoms with Crippen molar-refractivity contribution in [1.29, 1.82) is 5.26 Å². The molecule has 1 rings (SSSR count). The predicted octanol–water partition coefficient (Wildman–Crippen LogP) is 3.01. The third-order valence-electron chi connectivity index (χ3n) is 3.56. The lowest BCUT2D eigenvalue weighted by atomic mass is 10.2. The lowest BCUT2D eigenvalue weighted by Gasteiger charge is -2.23. The SMILES string of the molecule is CCC(C)N(C)CCCC(=O)Nc1ccc(C#N)cc1. The van der Waals surface area contributed by atoms with Gasteiger partial charge in [-0.25, -0.2) is 0 Å². The van der Waals surface area contributed by atoms with Gasteiger partial charge in [0.15, 0.2) is 0 Å². The molecule has 1 atom stereocenters. The van der Waals surface area contributed by atoms with Crippen LogP contribution in [0.5, 0.6) is 0 Å². The fraction of sp³-hybridized carbons (Fsp3) is 0.500. The molecular formula is C16H23N3O. The van der Waals surface area contributed by atoms with Crippen LogP contribution < -0.4 is 5.32 Å². The summed E-state index contributed by atoms with van der Waals surface area (Å²) < 4.78 is 0. The molecule has 0 heterocycles. The second-order valence-corrected chi connectivity index (χ2v) is 5.08. The highest BCUT2D eigenvalue weighted by atomic mass is 16.1. The second-order valence-electron chi connectivity index (χ2n) is 5.08. The standard InChI is InChI=1S/C16H23N3O/c1-4-13(2)19(3)11-5-6-16(20)18-15-9-7-14(12-17)8-10-15/h7-10,13H,4-6,11H2,1-3H3,(H,18,20). The molecule has 0 radical (unpaired) electrons. The van der Waals surface area contributed by atoms with E-state index in [1.807, 2.05) is 0 Å². The highest BCUT2D eigenvalue weighted by Crippen LogP contribution is 2.10. The van der Waals surface area contributed by atoms with Crippen molar-refractivity contribution < 1.29 is 4.79 Å². The minimum Gasteiger partial charge on any atom is -0.326 e. The van der Waals surface area contributed by atoms with E-state index in [4.69, 9.17) is 5.26 Å². The van der Waals surface area contributed by atoms with Gasteiger partial charge >= 0.3 is 0 Å². The van der Waals surface area contributed by atoms with Gasteiger partial charge in [-0.15, -0.1) is 0 Å². The monoisotopic (exact) mass is 273 g/mol. The average Bonchev–Trinajstić information content (AvgIpc) is 2.47. The first kappa shape index (κ1) is 16.2. The summed E-state index contributed by atoms with van der Waals surface area (Å²) in [6.07, 6.45) is 2.48. The van der Waals surface area contributed by atoms with Crippen LogP contribution in [0.15, 0.2) is 24.3 Å². The van der Waals surface area contributed by atoms with Crippen LogP contribution in [-0.2, 0) is 4.79 Å². The Morgan fingerprint density at radius 3 is 2.60 bits per heavy atom. The van der Waals surface area contributed by atoms with Crippen molar-refractivity contribution in [3.8, 4) is 6.07 Å². The molecule has 0 bridgehead atoms. The van der Waals surface area contributed by atoms with Crippen LogP contribution >= 0.6 is 0 Å². The molecule has 4 heteroatoms. The number of rotatable bonds is 7. The van der Waals surface area contributed by atoms with E-state index in [2.05, 4.69) is 37.2 Å². The first-order valence-electron chi connectivity index (χ1n) is 7.07. The van der Waals surface area contributed by atoms with E-state index in [1.165, 1.54) is 0 Å². The molecule has 1 N–H and O–H groups in total. The van der Waals surface area contributed by atoms with E-state index in [-0.39, 0.29) is 5.91 Å². The van der Waals surface area contributed by atoms with E-state index in [1.54, 1.807) is 24.3 Å². The molecule has 1 aromatic carbocycles. The molecule has 4 nitrogen and oxygen atoms in total. The van der Waals surface area contributed by atoms with Crippen molar-refractivity contribution in [2.75, 3.05) is 18.9 Å². The molecule has 1 amide bonds. The van der Waals surface area contributed by atoms with E-state index < -0.39 is 0 Å². The fourth-order valence-corrected chi connectivity index (χ4v) is 1.87. The zero-order valence-electron chi connectivity index (χ0n) is 12.5. The Hall–Kier alpha value is -1.86. The number of carbonyl (C=O) groups excluding carboxylic acids is 1. The Morgan fingerprint density at radius 2 is 2.05 bits per heavy atom. The minimum atomic E-state index is 0.0206. The van der Waals surface area contributed by atoms with Gasteiger partial charge < -0.3 is 10.2 Å². The van der Waals surface area contributed by atoms with E-state index in [0.29, 0.717) is 18.0 Å². The summed E-state index contributed by atoms with van der Waals surface area (Å²) in [5, 5.41) is 11.5. The van der Waals surface area contributed by atoms with Crippen molar-refractivity contribution >= 4 is 11.6 Å². The van der Waals surface area contributed by atoms with Crippen LogP contribution in [0, 0.1) is 11.3 Å². The summed E-state index contributed by atoms with van der Waals surface area (Å²) in [6.45, 7) is 5.28. The van der Waals surface area contributed by atoms with E-state index in [9.17, 15) is 4.79 Å². The molecule has 0 aliphatic heterocycles. The number of anilines is 1. The smallest absolute Gasteiger partial charge is 0.224 e. The molecule has 0 aromatic heterocycles. The summed E-state index contributed by atoms with van der Waals surface area (Å²) in [5.41, 5.74) is 1.34. The van der Waals surface area contributed by atoms with Crippen LogP contribution in [0.25, 0.3) is 0 Å². The summed E-state index contributed by atoms with van der Waals surface area (Å²) >= 11 is 0. The van der Waals surface area contributed by atoms with Gasteiger partial charge in [0.05, 0.1) is 11.6 Å². The number of amides is 1. The van der Waals surface area contributed by atoms with Gasteiger partial charge in [0.1, 0.15) is 0 Å². The number of hydrogen-bond acceptors (Lipinski definition) is 3. The normalized spacial score (nSPS) is 11.9. The number of carbonyl (C=O) groups is 1. The predicted molar refractivity (Wildman–Crippen MR) is 81.4 cm³/mol. The molecule has 1 aromatic rings. The van der Waals surface area contributed by atoms with E-state index >= 15 is 0 Å². The van der Waals surface area contributed by atoms with Crippen LogP contribution in [0.1, 0.15) is 38.7 Å². The molecule has 0 aliphatic carbocycles. The van der Waals surface area contributed by atoms with Crippen molar-refractivity contribution in [3.63, 3.8) is 0 Å². The van der Waals surface area contributed by atoms with Crippen LogP contribution in [0.4, 0.5) is 5.69 Å². The summed E-state index contributed by atoms with van der Waals surface area (Å²) in [6, 6.07) is 9.51. The van der Waals surface area contributed by atoms with Gasteiger partial charge in [0.25, 0.3) is 0 Å². The molecule has 20 heavy (non-hydrogen) atoms. The zero-order valence-corrected chi connectivity index (χ0v) is 12.5. The Balaban J connectivity index is 2.31. The van der Waals surface area contributed by atoms with Crippen molar-refractivity contribution in [1.82, 2.24) is 4.90 Å². The molecule has 0 spiro atoms. The maximum atomic E-state index is 11.8. The summed E-state index contributed by atoms with van der Waals surface area (Å²) in [7, 11) is 2.09. The molecule has 108 valence electrons. The number of benzene rings is 1. The maximum Gasteiger partial charge on any atom is 0.224 e. The molecule has 0 aliphatic rings. The fourth-order valence-electron chi connectivity index (χ4n) is 1.87. The van der Waals surface area contributed by atoms with Crippen molar-refractivity contribution in [2.45, 2.75) is 39.2 Å². The van der Waals surface area contributed by atoms with Gasteiger partial charge in [-0.1, -0.05) is 6.92 Å². The van der Waals surface area contributed by atoms with Crippen LogP contribution in [0.3, 0.4) is 0 Å². The first-order chi connectivity index (χ1) is 9.56. The lowest BCUT2D eigenvalue weighted by Crippen LogP contribution is -2.29. The van der Waals surface area contributed by atoms with Gasteiger partial charge in [0.2, 0.25) is 5.91 Å². The second kappa shape index (κ2) is 8.34. The molecule has 0 saturated heterocycles. The van der Waals surface area contributed by atoms with Crippen molar-refractivity contribution in [3.05, 3.63) is 29.8 Å². The lowest BCUT2D eigenvalue weighted by molar-refractivity contribution is -0.116. The highest BCUT2D eigenvalue weighted by Gasteiger charge is 2.08. The van der Waals surface area contributed by atoms with Gasteiger partial charge in [-0.3, -0.25) is 4.79 Å². The quantitative estimate of drug-likeness (QED) is 0.831. The van der Waals surface area contributed by atoms with Gasteiger partial charge in [0, 0.05) is 18.2 Å². The maximum absolute atomic E-state index is 11.8. The van der Waals surface area contributed by atoms with E-state index in [0.717, 1.165) is 25.1 Å². The third kappa shape index (κ3) is 5.41. The topological polar surface area (TPSA) is 56.1 Å². The Morgan fingerprint density at radius 1 is 1.40 bits per heavy atom. The molecular weight excluding hydrogens is 250 g/mol. The molecule has 0 fully saturated rings. The largest absolute Gasteiger partial charge is 0.326 e. The Bertz CT molecular complexity index is 462. The van der Waals surface area contributed by atoms with Crippen LogP contribution in [-0.4, -0.2) is 30.4 Å². The van der Waals surface area contributed by atoms with Gasteiger partial charge in [-0.05, 0) is 57.6 Å². The van der Waals surface area contributed by atoms with Crippen LogP contribution in [0.2, 0.25) is 0 Å². The van der Waals surface area contributed by atoms with Gasteiger partial charge in [-0.2, -0.15) is 5.26 Å². The average molecular weight is 273 g/mol. The molecule has 0 saturated carbocycles. The summed E-state index contributed by atoms with van der Waals surface area (Å²) in [4.78, 5) is 14.1. The molecule has 1 unspecified atom stereocenters. The first-order valence-corrected chi connectivity index (χ1v) is 7.07. The minimum absolute atomic E-state index is 0.0206. The zero-order chi connectivity index (χ0) is 15.0. The number of hydrogen-bond donors (Lipinski definition) is 1. The summed E-state index contributed by atoms with van der Waals surface area (Å²) in [5.74, 6) is 0.0206. The third-order valence-corrected chi connectivity index (χ3v) is 3.56. The number of nitrogens with zero attached hydrogens (tertiary/aromatic N) is 2. The number of nitrogens with one attached hydrogen (secondary N) is 1. The highest BCUT2D eigenvalue weighted by molar-refractivity contribution is 5.90. The Labute approximate surface area is 121 Å². The Kier molecular flexibility index (Phi) is 6.75.